The Bertz CT molecular complexity index is 1140. The molecule has 440 valence electrons. The van der Waals surface area contributed by atoms with Gasteiger partial charge in [-0.1, -0.05) is 349 Å². The Morgan fingerprint density at radius 3 is 0.662 bits per heavy atom. The predicted octanol–water partition coefficient (Wildman–Crippen LogP) is 22.8. The van der Waals surface area contributed by atoms with E-state index in [4.69, 9.17) is 14.2 Å². The first-order chi connectivity index (χ1) is 36.2. The molecule has 6 nitrogen and oxygen atoms in total. The molecule has 0 rings (SSSR count). The van der Waals surface area contributed by atoms with Crippen LogP contribution in [-0.2, 0) is 28.6 Å². The van der Waals surface area contributed by atoms with Crippen LogP contribution in [0.1, 0.15) is 388 Å². The lowest BCUT2D eigenvalue weighted by Crippen LogP contribution is -2.30. The van der Waals surface area contributed by atoms with E-state index in [2.05, 4.69) is 34.6 Å². The first kappa shape index (κ1) is 72.4. The van der Waals surface area contributed by atoms with Crippen LogP contribution in [0.5, 0.6) is 0 Å². The number of esters is 3. The van der Waals surface area contributed by atoms with Gasteiger partial charge in [0.25, 0.3) is 0 Å². The summed E-state index contributed by atoms with van der Waals surface area (Å²) < 4.78 is 17.0. The summed E-state index contributed by atoms with van der Waals surface area (Å²) in [5, 5.41) is 0. The molecule has 0 fully saturated rings. The van der Waals surface area contributed by atoms with Crippen molar-refractivity contribution in [3.05, 3.63) is 0 Å². The Morgan fingerprint density at radius 1 is 0.257 bits per heavy atom. The number of unbranched alkanes of at least 4 members (excludes halogenated alkanes) is 47. The van der Waals surface area contributed by atoms with Crippen LogP contribution in [0, 0.1) is 11.8 Å². The molecule has 0 radical (unpaired) electrons. The van der Waals surface area contributed by atoms with Gasteiger partial charge in [-0.05, 0) is 31.1 Å². The maximum Gasteiger partial charge on any atom is 0.306 e. The average Bonchev–Trinajstić information content (AvgIpc) is 3.38. The molecule has 0 spiro atoms. The smallest absolute Gasteiger partial charge is 0.306 e. The molecule has 74 heavy (non-hydrogen) atoms. The number of rotatable bonds is 62. The molecule has 6 heteroatoms. The molecule has 0 aliphatic heterocycles. The van der Waals surface area contributed by atoms with Crippen LogP contribution in [0.4, 0.5) is 0 Å². The van der Waals surface area contributed by atoms with E-state index < -0.39 is 6.10 Å². The summed E-state index contributed by atoms with van der Waals surface area (Å²) in [6, 6.07) is 0. The maximum atomic E-state index is 12.9. The van der Waals surface area contributed by atoms with Crippen LogP contribution < -0.4 is 0 Å². The molecule has 0 aromatic heterocycles. The molecule has 0 aromatic rings. The molecule has 1 atom stereocenters. The molecule has 0 aliphatic carbocycles. The minimum Gasteiger partial charge on any atom is -0.462 e. The highest BCUT2D eigenvalue weighted by atomic mass is 16.6. The Kier molecular flexibility index (Phi) is 59.3. The second-order valence-corrected chi connectivity index (χ2v) is 24.4. The van der Waals surface area contributed by atoms with Crippen LogP contribution in [0.2, 0.25) is 0 Å². The molecule has 0 saturated heterocycles. The van der Waals surface area contributed by atoms with E-state index in [0.717, 1.165) is 69.6 Å². The summed E-state index contributed by atoms with van der Waals surface area (Å²) in [5.74, 6) is 0.874. The third-order valence-electron chi connectivity index (χ3n) is 15.7. The van der Waals surface area contributed by atoms with Gasteiger partial charge < -0.3 is 14.2 Å². The number of hydrogen-bond donors (Lipinski definition) is 0. The van der Waals surface area contributed by atoms with Gasteiger partial charge in [-0.25, -0.2) is 0 Å². The molecule has 0 unspecified atom stereocenters. The first-order valence-electron chi connectivity index (χ1n) is 33.7. The van der Waals surface area contributed by atoms with Gasteiger partial charge in [0.1, 0.15) is 13.2 Å². The Balaban J connectivity index is 4.28. The minimum atomic E-state index is -0.764. The zero-order valence-corrected chi connectivity index (χ0v) is 51.0. The lowest BCUT2D eigenvalue weighted by atomic mass is 10.0. The highest BCUT2D eigenvalue weighted by Gasteiger charge is 2.19. The number of carbonyl (C=O) groups excluding carboxylic acids is 3. The second-order valence-electron chi connectivity index (χ2n) is 24.4. The fourth-order valence-corrected chi connectivity index (χ4v) is 10.6. The molecule has 0 saturated carbocycles. The summed E-state index contributed by atoms with van der Waals surface area (Å²) >= 11 is 0. The average molecular weight is 1050 g/mol. The Labute approximate surface area is 463 Å². The van der Waals surface area contributed by atoms with Gasteiger partial charge in [0.05, 0.1) is 0 Å². The largest absolute Gasteiger partial charge is 0.462 e. The van der Waals surface area contributed by atoms with Crippen molar-refractivity contribution in [1.29, 1.82) is 0 Å². The Morgan fingerprint density at radius 2 is 0.446 bits per heavy atom. The van der Waals surface area contributed by atoms with E-state index in [1.165, 1.54) is 276 Å². The van der Waals surface area contributed by atoms with Gasteiger partial charge in [-0.2, -0.15) is 0 Å². The fraction of sp³-hybridized carbons (Fsp3) is 0.956. The van der Waals surface area contributed by atoms with Gasteiger partial charge in [0, 0.05) is 19.3 Å². The van der Waals surface area contributed by atoms with Crippen LogP contribution in [0.3, 0.4) is 0 Å². The lowest BCUT2D eigenvalue weighted by molar-refractivity contribution is -0.167. The van der Waals surface area contributed by atoms with Crippen molar-refractivity contribution < 1.29 is 28.6 Å². The number of hydrogen-bond acceptors (Lipinski definition) is 6. The fourth-order valence-electron chi connectivity index (χ4n) is 10.6. The molecule has 0 aromatic carbocycles. The molecular weight excluding hydrogens is 913 g/mol. The third-order valence-corrected chi connectivity index (χ3v) is 15.7. The van der Waals surface area contributed by atoms with Crippen molar-refractivity contribution >= 4 is 17.9 Å². The van der Waals surface area contributed by atoms with Crippen LogP contribution in [0.15, 0.2) is 0 Å². The SMILES string of the molecule is CCCCCCCCCCCCCCCCCCCCCC(=O)OC[C@H](COC(=O)CCCCCCCCCCCCCCCCCCC(C)C)OC(=O)CCCCCCCCCCCCCCCCCC(C)C. The van der Waals surface area contributed by atoms with Gasteiger partial charge in [-0.15, -0.1) is 0 Å². The van der Waals surface area contributed by atoms with Crippen molar-refractivity contribution in [2.75, 3.05) is 13.2 Å². The van der Waals surface area contributed by atoms with Crippen molar-refractivity contribution in [2.45, 2.75) is 394 Å². The highest BCUT2D eigenvalue weighted by molar-refractivity contribution is 5.71. The highest BCUT2D eigenvalue weighted by Crippen LogP contribution is 2.19. The van der Waals surface area contributed by atoms with E-state index >= 15 is 0 Å². The zero-order chi connectivity index (χ0) is 53.9. The Hall–Kier alpha value is -1.59. The predicted molar refractivity (Wildman–Crippen MR) is 321 cm³/mol. The zero-order valence-electron chi connectivity index (χ0n) is 51.0. The summed E-state index contributed by atoms with van der Waals surface area (Å²) in [6.45, 7) is 11.5. The number of carbonyl (C=O) groups is 3. The van der Waals surface area contributed by atoms with Crippen molar-refractivity contribution in [1.82, 2.24) is 0 Å². The third kappa shape index (κ3) is 61.3. The van der Waals surface area contributed by atoms with E-state index in [-0.39, 0.29) is 31.1 Å². The van der Waals surface area contributed by atoms with Crippen LogP contribution >= 0.6 is 0 Å². The summed E-state index contributed by atoms with van der Waals surface area (Å²) in [6.07, 6.45) is 68.2. The van der Waals surface area contributed by atoms with E-state index in [9.17, 15) is 14.4 Å². The summed E-state index contributed by atoms with van der Waals surface area (Å²) in [4.78, 5) is 38.4. The van der Waals surface area contributed by atoms with Crippen molar-refractivity contribution in [2.24, 2.45) is 11.8 Å². The van der Waals surface area contributed by atoms with E-state index in [1.54, 1.807) is 0 Å². The monoisotopic (exact) mass is 1050 g/mol. The van der Waals surface area contributed by atoms with Gasteiger partial charge >= 0.3 is 17.9 Å². The van der Waals surface area contributed by atoms with Gasteiger partial charge in [0.15, 0.2) is 6.10 Å². The lowest BCUT2D eigenvalue weighted by Gasteiger charge is -2.18. The van der Waals surface area contributed by atoms with Gasteiger partial charge in [0.2, 0.25) is 0 Å². The number of ether oxygens (including phenoxy) is 3. The van der Waals surface area contributed by atoms with Gasteiger partial charge in [-0.3, -0.25) is 14.4 Å². The van der Waals surface area contributed by atoms with Crippen LogP contribution in [-0.4, -0.2) is 37.2 Å². The van der Waals surface area contributed by atoms with E-state index in [1.807, 2.05) is 0 Å². The van der Waals surface area contributed by atoms with Crippen LogP contribution in [0.25, 0.3) is 0 Å². The minimum absolute atomic E-state index is 0.0614. The molecule has 0 aliphatic rings. The van der Waals surface area contributed by atoms with Crippen molar-refractivity contribution in [3.63, 3.8) is 0 Å². The van der Waals surface area contributed by atoms with E-state index in [0.29, 0.717) is 19.3 Å². The first-order valence-corrected chi connectivity index (χ1v) is 33.7. The maximum absolute atomic E-state index is 12.9. The van der Waals surface area contributed by atoms with Crippen molar-refractivity contribution in [3.8, 4) is 0 Å². The molecular formula is C68H132O6. The molecule has 0 heterocycles. The quantitative estimate of drug-likeness (QED) is 0.0343. The topological polar surface area (TPSA) is 78.9 Å². The standard InChI is InChI=1S/C68H132O6/c1-6-7-8-9-10-11-12-13-14-15-16-17-23-28-33-38-43-48-53-58-66(69)72-61-65(74-68(71)60-55-50-45-40-35-30-25-20-22-27-32-37-42-47-52-57-64(4)5)62-73-67(70)59-54-49-44-39-34-29-24-19-18-21-26-31-36-41-46-51-56-63(2)3/h63-65H,6-62H2,1-5H3/t65-/m1/s1. The molecule has 0 N–H and O–H groups in total. The summed E-state index contributed by atoms with van der Waals surface area (Å²) in [7, 11) is 0. The summed E-state index contributed by atoms with van der Waals surface area (Å²) in [5.41, 5.74) is 0. The molecule has 0 amide bonds. The molecule has 0 bridgehead atoms. The second kappa shape index (κ2) is 60.6. The normalized spacial score (nSPS) is 12.0.